The lowest BCUT2D eigenvalue weighted by Gasteiger charge is -2.31. The SMILES string of the molecule is O=C(Nc1cccs1)N1CCC(Oc2ccncn2)CC1. The van der Waals surface area contributed by atoms with E-state index in [1.807, 2.05) is 22.4 Å². The third-order valence-electron chi connectivity index (χ3n) is 3.32. The highest BCUT2D eigenvalue weighted by molar-refractivity contribution is 7.14. The molecule has 6 nitrogen and oxygen atoms in total. The molecule has 1 aliphatic rings. The Morgan fingerprint density at radius 3 is 2.90 bits per heavy atom. The molecule has 0 aromatic carbocycles. The van der Waals surface area contributed by atoms with Crippen molar-refractivity contribution in [3.05, 3.63) is 36.1 Å². The van der Waals surface area contributed by atoms with E-state index in [1.54, 1.807) is 12.3 Å². The monoisotopic (exact) mass is 304 g/mol. The highest BCUT2D eigenvalue weighted by atomic mass is 32.1. The standard InChI is InChI=1S/C14H16N4O2S/c19-14(17-13-2-1-9-21-13)18-7-4-11(5-8-18)20-12-3-6-15-10-16-12/h1-3,6,9-11H,4-5,7-8H2,(H,17,19). The summed E-state index contributed by atoms with van der Waals surface area (Å²) < 4.78 is 5.78. The number of hydrogen-bond donors (Lipinski definition) is 1. The molecule has 7 heteroatoms. The predicted molar refractivity (Wildman–Crippen MR) is 80.6 cm³/mol. The molecule has 3 heterocycles. The quantitative estimate of drug-likeness (QED) is 0.946. The van der Waals surface area contributed by atoms with Gasteiger partial charge in [-0.15, -0.1) is 11.3 Å². The molecule has 2 aromatic rings. The van der Waals surface area contributed by atoms with Gasteiger partial charge in [-0.2, -0.15) is 0 Å². The van der Waals surface area contributed by atoms with Crippen molar-refractivity contribution in [1.82, 2.24) is 14.9 Å². The number of nitrogens with zero attached hydrogens (tertiary/aromatic N) is 3. The van der Waals surface area contributed by atoms with Crippen LogP contribution < -0.4 is 10.1 Å². The van der Waals surface area contributed by atoms with Gasteiger partial charge in [0, 0.05) is 38.2 Å². The van der Waals surface area contributed by atoms with Gasteiger partial charge in [0.05, 0.1) is 5.00 Å². The van der Waals surface area contributed by atoms with Crippen LogP contribution in [0.4, 0.5) is 9.80 Å². The molecule has 0 spiro atoms. The number of rotatable bonds is 3. The molecule has 1 N–H and O–H groups in total. The van der Waals surface area contributed by atoms with Crippen LogP contribution in [-0.2, 0) is 0 Å². The number of hydrogen-bond acceptors (Lipinski definition) is 5. The van der Waals surface area contributed by atoms with Crippen LogP contribution in [0.2, 0.25) is 0 Å². The van der Waals surface area contributed by atoms with E-state index in [1.165, 1.54) is 17.7 Å². The number of carbonyl (C=O) groups is 1. The molecule has 21 heavy (non-hydrogen) atoms. The first kappa shape index (κ1) is 13.8. The third-order valence-corrected chi connectivity index (χ3v) is 4.11. The fourth-order valence-electron chi connectivity index (χ4n) is 2.23. The maximum atomic E-state index is 12.1. The van der Waals surface area contributed by atoms with Crippen molar-refractivity contribution >= 4 is 22.4 Å². The van der Waals surface area contributed by atoms with Crippen LogP contribution in [0, 0.1) is 0 Å². The molecule has 2 aromatic heterocycles. The summed E-state index contributed by atoms with van der Waals surface area (Å²) in [6, 6.07) is 5.52. The first-order valence-electron chi connectivity index (χ1n) is 6.83. The van der Waals surface area contributed by atoms with Gasteiger partial charge in [0.15, 0.2) is 0 Å². The highest BCUT2D eigenvalue weighted by Crippen LogP contribution is 2.19. The van der Waals surface area contributed by atoms with Gasteiger partial charge in [0.2, 0.25) is 5.88 Å². The van der Waals surface area contributed by atoms with Crippen molar-refractivity contribution in [2.75, 3.05) is 18.4 Å². The minimum atomic E-state index is -0.0436. The van der Waals surface area contributed by atoms with Crippen molar-refractivity contribution in [1.29, 1.82) is 0 Å². The van der Waals surface area contributed by atoms with E-state index in [0.717, 1.165) is 17.8 Å². The largest absolute Gasteiger partial charge is 0.474 e. The number of nitrogens with one attached hydrogen (secondary N) is 1. The zero-order chi connectivity index (χ0) is 14.5. The number of urea groups is 1. The van der Waals surface area contributed by atoms with Crippen molar-refractivity contribution in [3.8, 4) is 5.88 Å². The zero-order valence-electron chi connectivity index (χ0n) is 11.4. The third kappa shape index (κ3) is 3.69. The second-order valence-corrected chi connectivity index (χ2v) is 5.71. The van der Waals surface area contributed by atoms with Gasteiger partial charge in [0.1, 0.15) is 12.4 Å². The number of aromatic nitrogens is 2. The predicted octanol–water partition coefficient (Wildman–Crippen LogP) is 2.61. The van der Waals surface area contributed by atoms with Crippen molar-refractivity contribution in [2.45, 2.75) is 18.9 Å². The summed E-state index contributed by atoms with van der Waals surface area (Å²) in [6.07, 6.45) is 4.85. The molecule has 1 fully saturated rings. The maximum absolute atomic E-state index is 12.1. The number of ether oxygens (including phenoxy) is 1. The van der Waals surface area contributed by atoms with E-state index in [2.05, 4.69) is 15.3 Å². The van der Waals surface area contributed by atoms with Crippen LogP contribution in [0.3, 0.4) is 0 Å². The van der Waals surface area contributed by atoms with Crippen LogP contribution in [-0.4, -0.2) is 40.1 Å². The number of amides is 2. The molecule has 2 amide bonds. The second-order valence-electron chi connectivity index (χ2n) is 4.76. The number of carbonyl (C=O) groups excluding carboxylic acids is 1. The first-order chi connectivity index (χ1) is 10.3. The Morgan fingerprint density at radius 1 is 1.38 bits per heavy atom. The lowest BCUT2D eigenvalue weighted by molar-refractivity contribution is 0.111. The van der Waals surface area contributed by atoms with E-state index in [9.17, 15) is 4.79 Å². The van der Waals surface area contributed by atoms with E-state index >= 15 is 0 Å². The van der Waals surface area contributed by atoms with Crippen LogP contribution in [0.15, 0.2) is 36.1 Å². The summed E-state index contributed by atoms with van der Waals surface area (Å²) in [5.74, 6) is 0.589. The Morgan fingerprint density at radius 2 is 2.24 bits per heavy atom. The van der Waals surface area contributed by atoms with Crippen LogP contribution in [0.1, 0.15) is 12.8 Å². The normalized spacial score (nSPS) is 15.7. The topological polar surface area (TPSA) is 67.4 Å². The average Bonchev–Trinajstić information content (AvgIpc) is 3.02. The van der Waals surface area contributed by atoms with E-state index in [0.29, 0.717) is 19.0 Å². The van der Waals surface area contributed by atoms with Gasteiger partial charge >= 0.3 is 6.03 Å². The number of piperidine rings is 1. The fourth-order valence-corrected chi connectivity index (χ4v) is 2.84. The number of thiophene rings is 1. The van der Waals surface area contributed by atoms with E-state index in [-0.39, 0.29) is 12.1 Å². The van der Waals surface area contributed by atoms with Crippen LogP contribution in [0.5, 0.6) is 5.88 Å². The Balaban J connectivity index is 1.47. The minimum absolute atomic E-state index is 0.0436. The summed E-state index contributed by atoms with van der Waals surface area (Å²) in [6.45, 7) is 1.37. The maximum Gasteiger partial charge on any atom is 0.322 e. The zero-order valence-corrected chi connectivity index (χ0v) is 12.3. The van der Waals surface area contributed by atoms with Gasteiger partial charge < -0.3 is 9.64 Å². The van der Waals surface area contributed by atoms with Gasteiger partial charge in [0.25, 0.3) is 0 Å². The Bertz CT molecular complexity index is 568. The van der Waals surface area contributed by atoms with Crippen molar-refractivity contribution in [2.24, 2.45) is 0 Å². The Hall–Kier alpha value is -2.15. The summed E-state index contributed by atoms with van der Waals surface area (Å²) in [5.41, 5.74) is 0. The lowest BCUT2D eigenvalue weighted by Crippen LogP contribution is -2.43. The molecule has 0 aliphatic carbocycles. The van der Waals surface area contributed by atoms with Gasteiger partial charge in [-0.05, 0) is 17.5 Å². The molecule has 1 aliphatic heterocycles. The van der Waals surface area contributed by atoms with Crippen LogP contribution in [0.25, 0.3) is 0 Å². The molecule has 1 saturated heterocycles. The summed E-state index contributed by atoms with van der Waals surface area (Å²) in [5, 5.41) is 5.72. The average molecular weight is 304 g/mol. The second kappa shape index (κ2) is 6.53. The summed E-state index contributed by atoms with van der Waals surface area (Å²) in [4.78, 5) is 21.8. The van der Waals surface area contributed by atoms with Crippen molar-refractivity contribution in [3.63, 3.8) is 0 Å². The molecule has 0 atom stereocenters. The molecular formula is C14H16N4O2S. The van der Waals surface area contributed by atoms with Gasteiger partial charge in [-0.1, -0.05) is 0 Å². The minimum Gasteiger partial charge on any atom is -0.474 e. The molecule has 110 valence electrons. The Kier molecular flexibility index (Phi) is 4.30. The molecule has 0 radical (unpaired) electrons. The van der Waals surface area contributed by atoms with Gasteiger partial charge in [-0.25, -0.2) is 14.8 Å². The summed E-state index contributed by atoms with van der Waals surface area (Å²) >= 11 is 1.52. The number of anilines is 1. The molecule has 0 bridgehead atoms. The first-order valence-corrected chi connectivity index (χ1v) is 7.71. The fraction of sp³-hybridized carbons (Fsp3) is 0.357. The smallest absolute Gasteiger partial charge is 0.322 e. The molecule has 0 saturated carbocycles. The lowest BCUT2D eigenvalue weighted by atomic mass is 10.1. The molecule has 0 unspecified atom stereocenters. The van der Waals surface area contributed by atoms with Gasteiger partial charge in [-0.3, -0.25) is 5.32 Å². The van der Waals surface area contributed by atoms with Crippen molar-refractivity contribution < 1.29 is 9.53 Å². The molecule has 3 rings (SSSR count). The van der Waals surface area contributed by atoms with E-state index in [4.69, 9.17) is 4.74 Å². The summed E-state index contributed by atoms with van der Waals surface area (Å²) in [7, 11) is 0. The Labute approximate surface area is 126 Å². The van der Waals surface area contributed by atoms with Crippen LogP contribution >= 0.6 is 11.3 Å². The number of likely N-dealkylation sites (tertiary alicyclic amines) is 1. The van der Waals surface area contributed by atoms with E-state index < -0.39 is 0 Å². The molecular weight excluding hydrogens is 288 g/mol. The highest BCUT2D eigenvalue weighted by Gasteiger charge is 2.24.